The molecule has 1 aliphatic carbocycles. The van der Waals surface area contributed by atoms with Crippen molar-refractivity contribution in [3.05, 3.63) is 17.3 Å². The Morgan fingerprint density at radius 3 is 2.76 bits per heavy atom. The van der Waals surface area contributed by atoms with Gasteiger partial charge in [-0.15, -0.1) is 0 Å². The number of carbonyl (C=O) groups excluding carboxylic acids is 1. The van der Waals surface area contributed by atoms with Crippen LogP contribution in [0, 0.1) is 0 Å². The number of hydrogen-bond acceptors (Lipinski definition) is 4. The minimum atomic E-state index is -2.83. The fourth-order valence-electron chi connectivity index (χ4n) is 1.67. The molecule has 1 fully saturated rings. The molecule has 0 unspecified atom stereocenters. The zero-order valence-electron chi connectivity index (χ0n) is 9.41. The summed E-state index contributed by atoms with van der Waals surface area (Å²) < 4.78 is 35.2. The molecular weight excluding hydrogens is 232 g/mol. The van der Waals surface area contributed by atoms with Crippen molar-refractivity contribution in [3.63, 3.8) is 0 Å². The molecule has 1 heterocycles. The maximum absolute atomic E-state index is 12.7. The average Bonchev–Trinajstić information content (AvgIpc) is 2.60. The predicted octanol–water partition coefficient (Wildman–Crippen LogP) is 3.06. The zero-order chi connectivity index (χ0) is 12.4. The molecule has 1 aliphatic rings. The quantitative estimate of drug-likeness (QED) is 0.765. The highest BCUT2D eigenvalue weighted by Crippen LogP contribution is 2.38. The molecule has 17 heavy (non-hydrogen) atoms. The summed E-state index contributed by atoms with van der Waals surface area (Å²) in [7, 11) is 0. The molecule has 4 nitrogen and oxygen atoms in total. The maximum Gasteiger partial charge on any atom is 0.376 e. The number of halogens is 2. The van der Waals surface area contributed by atoms with Crippen molar-refractivity contribution in [2.24, 2.45) is 0 Å². The highest BCUT2D eigenvalue weighted by atomic mass is 19.3. The number of hydrogen-bond donors (Lipinski definition) is 0. The van der Waals surface area contributed by atoms with Crippen LogP contribution in [0.2, 0.25) is 0 Å². The summed E-state index contributed by atoms with van der Waals surface area (Å²) in [6.45, 7) is 1.71. The van der Waals surface area contributed by atoms with Crippen molar-refractivity contribution in [3.8, 4) is 0 Å². The van der Waals surface area contributed by atoms with Gasteiger partial charge in [-0.05, 0) is 19.8 Å². The van der Waals surface area contributed by atoms with Gasteiger partial charge in [0.15, 0.2) is 11.6 Å². The van der Waals surface area contributed by atoms with E-state index in [2.05, 4.69) is 9.72 Å². The van der Waals surface area contributed by atoms with E-state index in [0.29, 0.717) is 0 Å². The third-order valence-corrected chi connectivity index (χ3v) is 2.79. The summed E-state index contributed by atoms with van der Waals surface area (Å²) in [5, 5.41) is 0. The molecular formula is C11H13F2NO3. The van der Waals surface area contributed by atoms with Crippen LogP contribution < -0.4 is 0 Å². The number of esters is 1. The number of oxazole rings is 1. The van der Waals surface area contributed by atoms with Crippen molar-refractivity contribution in [2.75, 3.05) is 6.61 Å². The molecule has 2 rings (SSSR count). The van der Waals surface area contributed by atoms with Crippen LogP contribution in [0.4, 0.5) is 8.78 Å². The Hall–Kier alpha value is -1.46. The summed E-state index contributed by atoms with van der Waals surface area (Å²) in [5.41, 5.74) is -0.606. The van der Waals surface area contributed by atoms with E-state index in [4.69, 9.17) is 4.42 Å². The fraction of sp³-hybridized carbons (Fsp3) is 0.636. The Balaban J connectivity index is 2.27. The number of nitrogens with zero attached hydrogens (tertiary/aromatic N) is 1. The van der Waals surface area contributed by atoms with E-state index >= 15 is 0 Å². The highest BCUT2D eigenvalue weighted by Gasteiger charge is 2.32. The van der Waals surface area contributed by atoms with Gasteiger partial charge in [-0.3, -0.25) is 0 Å². The van der Waals surface area contributed by atoms with E-state index in [1.54, 1.807) is 6.92 Å². The molecule has 0 radical (unpaired) electrons. The Kier molecular flexibility index (Phi) is 3.40. The van der Waals surface area contributed by atoms with E-state index in [1.165, 1.54) is 0 Å². The molecule has 0 aliphatic heterocycles. The minimum Gasteiger partial charge on any atom is -0.460 e. The number of aromatic nitrogens is 1. The standard InChI is InChI=1S/C11H13F2NO3/c1-2-16-11(15)8-7(9(12)13)14-10(17-8)6-4-3-5-6/h6,9H,2-5H2,1H3. The van der Waals surface area contributed by atoms with E-state index in [1.807, 2.05) is 0 Å². The predicted molar refractivity (Wildman–Crippen MR) is 54.0 cm³/mol. The summed E-state index contributed by atoms with van der Waals surface area (Å²) in [4.78, 5) is 15.1. The van der Waals surface area contributed by atoms with E-state index in [9.17, 15) is 13.6 Å². The first-order chi connectivity index (χ1) is 8.13. The van der Waals surface area contributed by atoms with Crippen molar-refractivity contribution in [1.82, 2.24) is 4.98 Å². The SMILES string of the molecule is CCOC(=O)c1oc(C2CCC2)nc1C(F)F. The molecule has 0 N–H and O–H groups in total. The van der Waals surface area contributed by atoms with Gasteiger partial charge in [0.1, 0.15) is 0 Å². The van der Waals surface area contributed by atoms with Crippen LogP contribution in [0.1, 0.15) is 60.7 Å². The second-order valence-corrected chi connectivity index (χ2v) is 3.92. The van der Waals surface area contributed by atoms with Gasteiger partial charge in [0, 0.05) is 5.92 Å². The number of ether oxygens (including phenoxy) is 1. The van der Waals surface area contributed by atoms with Gasteiger partial charge in [-0.1, -0.05) is 6.42 Å². The summed E-state index contributed by atoms with van der Waals surface area (Å²) in [6.07, 6.45) is -0.0603. The van der Waals surface area contributed by atoms with Crippen molar-refractivity contribution in [1.29, 1.82) is 0 Å². The Bertz CT molecular complexity index is 413. The van der Waals surface area contributed by atoms with Gasteiger partial charge in [0.05, 0.1) is 6.61 Å². The van der Waals surface area contributed by atoms with Crippen LogP contribution in [-0.4, -0.2) is 17.6 Å². The molecule has 0 saturated heterocycles. The molecule has 0 bridgehead atoms. The molecule has 0 spiro atoms. The van der Waals surface area contributed by atoms with Crippen molar-refractivity contribution in [2.45, 2.75) is 38.5 Å². The molecule has 1 aromatic heterocycles. The van der Waals surface area contributed by atoms with Gasteiger partial charge >= 0.3 is 5.97 Å². The molecule has 0 atom stereocenters. The normalized spacial score (nSPS) is 16.0. The van der Waals surface area contributed by atoms with Crippen molar-refractivity contribution >= 4 is 5.97 Å². The molecule has 1 saturated carbocycles. The van der Waals surface area contributed by atoms with Gasteiger partial charge in [0.25, 0.3) is 6.43 Å². The lowest BCUT2D eigenvalue weighted by Crippen LogP contribution is -2.09. The van der Waals surface area contributed by atoms with Gasteiger partial charge in [-0.2, -0.15) is 0 Å². The maximum atomic E-state index is 12.7. The lowest BCUT2D eigenvalue weighted by molar-refractivity contribution is 0.0472. The Morgan fingerprint density at radius 1 is 1.59 bits per heavy atom. The van der Waals surface area contributed by atoms with Gasteiger partial charge in [0.2, 0.25) is 5.76 Å². The van der Waals surface area contributed by atoms with Gasteiger partial charge in [-0.25, -0.2) is 18.6 Å². The lowest BCUT2D eigenvalue weighted by atomic mass is 9.85. The van der Waals surface area contributed by atoms with Crippen LogP contribution >= 0.6 is 0 Å². The van der Waals surface area contributed by atoms with Crippen LogP contribution in [0.25, 0.3) is 0 Å². The first-order valence-corrected chi connectivity index (χ1v) is 5.59. The van der Waals surface area contributed by atoms with Gasteiger partial charge < -0.3 is 9.15 Å². The third-order valence-electron chi connectivity index (χ3n) is 2.79. The molecule has 94 valence electrons. The average molecular weight is 245 g/mol. The molecule has 0 amide bonds. The van der Waals surface area contributed by atoms with Crippen molar-refractivity contribution < 1.29 is 22.7 Å². The number of carbonyl (C=O) groups is 1. The largest absolute Gasteiger partial charge is 0.460 e. The van der Waals surface area contributed by atoms with E-state index < -0.39 is 23.8 Å². The second-order valence-electron chi connectivity index (χ2n) is 3.92. The first-order valence-electron chi connectivity index (χ1n) is 5.59. The smallest absolute Gasteiger partial charge is 0.376 e. The fourth-order valence-corrected chi connectivity index (χ4v) is 1.67. The lowest BCUT2D eigenvalue weighted by Gasteiger charge is -2.21. The molecule has 1 aromatic rings. The zero-order valence-corrected chi connectivity index (χ0v) is 9.41. The Morgan fingerprint density at radius 2 is 2.29 bits per heavy atom. The Labute approximate surface area is 97.0 Å². The highest BCUT2D eigenvalue weighted by molar-refractivity contribution is 5.87. The van der Waals surface area contributed by atoms with E-state index in [-0.39, 0.29) is 18.4 Å². The number of rotatable bonds is 4. The topological polar surface area (TPSA) is 52.3 Å². The summed E-state index contributed by atoms with van der Waals surface area (Å²) >= 11 is 0. The van der Waals surface area contributed by atoms with Crippen LogP contribution in [0.5, 0.6) is 0 Å². The second kappa shape index (κ2) is 4.81. The third kappa shape index (κ3) is 2.30. The summed E-state index contributed by atoms with van der Waals surface area (Å²) in [6, 6.07) is 0. The monoisotopic (exact) mass is 245 g/mol. The minimum absolute atomic E-state index is 0.0654. The van der Waals surface area contributed by atoms with Crippen LogP contribution in [0.15, 0.2) is 4.42 Å². The molecule has 6 heteroatoms. The van der Waals surface area contributed by atoms with E-state index in [0.717, 1.165) is 19.3 Å². The van der Waals surface area contributed by atoms with Crippen LogP contribution in [-0.2, 0) is 4.74 Å². The first kappa shape index (κ1) is 12.0. The summed E-state index contributed by atoms with van der Waals surface area (Å²) in [5.74, 6) is -1.03. The molecule has 0 aromatic carbocycles. The van der Waals surface area contributed by atoms with Crippen LogP contribution in [0.3, 0.4) is 0 Å². The number of alkyl halides is 2.